The van der Waals surface area contributed by atoms with Gasteiger partial charge < -0.3 is 10.7 Å². The van der Waals surface area contributed by atoms with Gasteiger partial charge in [0.25, 0.3) is 0 Å². The first-order valence-electron chi connectivity index (χ1n) is 5.03. The van der Waals surface area contributed by atoms with Crippen molar-refractivity contribution in [3.05, 3.63) is 29.5 Å². The molecule has 0 spiro atoms. The molecule has 1 aromatic carbocycles. The van der Waals surface area contributed by atoms with Crippen molar-refractivity contribution in [1.29, 1.82) is 0 Å². The number of hydrogen-bond acceptors (Lipinski definition) is 1. The second kappa shape index (κ2) is 4.18. The Morgan fingerprint density at radius 2 is 1.79 bits per heavy atom. The summed E-state index contributed by atoms with van der Waals surface area (Å²) in [4.78, 5) is 3.30. The van der Waals surface area contributed by atoms with Crippen LogP contribution in [-0.4, -0.2) is 4.98 Å². The van der Waals surface area contributed by atoms with Gasteiger partial charge in [-0.1, -0.05) is 13.8 Å². The number of aryl methyl sites for hydroxylation is 2. The second-order valence-electron chi connectivity index (χ2n) is 3.18. The molecule has 0 aliphatic heterocycles. The van der Waals surface area contributed by atoms with Crippen LogP contribution in [0.2, 0.25) is 0 Å². The first-order chi connectivity index (χ1) is 6.68. The van der Waals surface area contributed by atoms with Crippen LogP contribution >= 0.6 is 0 Å². The summed E-state index contributed by atoms with van der Waals surface area (Å²) in [5, 5.41) is 1.23. The van der Waals surface area contributed by atoms with Gasteiger partial charge in [-0.05, 0) is 37.6 Å². The Morgan fingerprint density at radius 1 is 1.14 bits per heavy atom. The molecular formula is C12H18N2. The van der Waals surface area contributed by atoms with E-state index < -0.39 is 0 Å². The maximum absolute atomic E-state index is 5.69. The number of nitrogens with two attached hydrogens (primary N) is 1. The number of H-pyrrole nitrogens is 1. The van der Waals surface area contributed by atoms with Gasteiger partial charge in [0.1, 0.15) is 0 Å². The summed E-state index contributed by atoms with van der Waals surface area (Å²) >= 11 is 0. The van der Waals surface area contributed by atoms with Gasteiger partial charge in [0.05, 0.1) is 0 Å². The van der Waals surface area contributed by atoms with E-state index in [1.165, 1.54) is 22.2 Å². The highest BCUT2D eigenvalue weighted by atomic mass is 14.7. The first-order valence-corrected chi connectivity index (χ1v) is 5.03. The lowest BCUT2D eigenvalue weighted by atomic mass is 10.1. The zero-order valence-corrected chi connectivity index (χ0v) is 9.31. The van der Waals surface area contributed by atoms with E-state index in [9.17, 15) is 0 Å². The molecule has 1 heterocycles. The Balaban J connectivity index is 0.000000461. The van der Waals surface area contributed by atoms with Crippen molar-refractivity contribution >= 4 is 16.6 Å². The number of anilines is 1. The molecule has 76 valence electrons. The van der Waals surface area contributed by atoms with Crippen LogP contribution in [0.25, 0.3) is 10.9 Å². The number of nitrogens with one attached hydrogen (secondary N) is 1. The van der Waals surface area contributed by atoms with E-state index in [1.54, 1.807) is 0 Å². The van der Waals surface area contributed by atoms with Crippen LogP contribution in [0.1, 0.15) is 25.1 Å². The van der Waals surface area contributed by atoms with Crippen molar-refractivity contribution in [3.63, 3.8) is 0 Å². The van der Waals surface area contributed by atoms with Crippen LogP contribution in [-0.2, 0) is 0 Å². The van der Waals surface area contributed by atoms with Gasteiger partial charge in [0, 0.05) is 22.3 Å². The number of benzene rings is 1. The van der Waals surface area contributed by atoms with E-state index in [2.05, 4.69) is 18.8 Å². The SMILES string of the molecule is CC.Cc1[nH]c2ccc(N)cc2c1C. The van der Waals surface area contributed by atoms with Gasteiger partial charge in [-0.3, -0.25) is 0 Å². The standard InChI is InChI=1S/C10H12N2.C2H6/c1-6-7(2)12-10-4-3-8(11)5-9(6)10;1-2/h3-5,12H,11H2,1-2H3;1-2H3. The van der Waals surface area contributed by atoms with Crippen molar-refractivity contribution in [3.8, 4) is 0 Å². The van der Waals surface area contributed by atoms with E-state index >= 15 is 0 Å². The van der Waals surface area contributed by atoms with Gasteiger partial charge in [-0.15, -0.1) is 0 Å². The molecule has 14 heavy (non-hydrogen) atoms. The normalized spacial score (nSPS) is 9.71. The number of rotatable bonds is 0. The molecule has 2 rings (SSSR count). The summed E-state index contributed by atoms with van der Waals surface area (Å²) in [5.41, 5.74) is 10.2. The predicted octanol–water partition coefficient (Wildman–Crippen LogP) is 3.39. The summed E-state index contributed by atoms with van der Waals surface area (Å²) in [7, 11) is 0. The van der Waals surface area contributed by atoms with E-state index in [0.29, 0.717) is 0 Å². The second-order valence-corrected chi connectivity index (χ2v) is 3.18. The molecule has 0 fully saturated rings. The summed E-state index contributed by atoms with van der Waals surface area (Å²) in [5.74, 6) is 0. The average Bonchev–Trinajstić information content (AvgIpc) is 2.48. The molecule has 0 unspecified atom stereocenters. The number of aromatic amines is 1. The van der Waals surface area contributed by atoms with E-state index in [-0.39, 0.29) is 0 Å². The Kier molecular flexibility index (Phi) is 3.18. The molecule has 0 radical (unpaired) electrons. The third kappa shape index (κ3) is 1.74. The first kappa shape index (κ1) is 10.6. The minimum atomic E-state index is 0.824. The Labute approximate surface area is 85.1 Å². The maximum Gasteiger partial charge on any atom is 0.0460 e. The number of fused-ring (bicyclic) bond motifs is 1. The minimum absolute atomic E-state index is 0.824. The van der Waals surface area contributed by atoms with Gasteiger partial charge in [-0.2, -0.15) is 0 Å². The van der Waals surface area contributed by atoms with Crippen LogP contribution in [0.4, 0.5) is 5.69 Å². The Hall–Kier alpha value is -1.44. The van der Waals surface area contributed by atoms with Crippen LogP contribution in [0.5, 0.6) is 0 Å². The van der Waals surface area contributed by atoms with Gasteiger partial charge in [0.15, 0.2) is 0 Å². The van der Waals surface area contributed by atoms with Crippen molar-refractivity contribution in [2.45, 2.75) is 27.7 Å². The molecule has 2 heteroatoms. The zero-order valence-electron chi connectivity index (χ0n) is 9.31. The summed E-state index contributed by atoms with van der Waals surface area (Å²) in [6.07, 6.45) is 0. The lowest BCUT2D eigenvalue weighted by Gasteiger charge is -1.93. The monoisotopic (exact) mass is 190 g/mol. The number of aromatic nitrogens is 1. The molecular weight excluding hydrogens is 172 g/mol. The average molecular weight is 190 g/mol. The van der Waals surface area contributed by atoms with Crippen molar-refractivity contribution in [2.24, 2.45) is 0 Å². The summed E-state index contributed by atoms with van der Waals surface area (Å²) in [6, 6.07) is 5.94. The topological polar surface area (TPSA) is 41.8 Å². The largest absolute Gasteiger partial charge is 0.399 e. The third-order valence-electron chi connectivity index (χ3n) is 2.33. The lowest BCUT2D eigenvalue weighted by molar-refractivity contribution is 1.25. The van der Waals surface area contributed by atoms with Crippen LogP contribution < -0.4 is 5.73 Å². The fourth-order valence-corrected chi connectivity index (χ4v) is 1.48. The van der Waals surface area contributed by atoms with Crippen LogP contribution in [0, 0.1) is 13.8 Å². The molecule has 1 aromatic heterocycles. The van der Waals surface area contributed by atoms with Crippen molar-refractivity contribution in [2.75, 3.05) is 5.73 Å². The molecule has 2 aromatic rings. The Morgan fingerprint density at radius 3 is 2.43 bits per heavy atom. The van der Waals surface area contributed by atoms with E-state index in [0.717, 1.165) is 5.69 Å². The van der Waals surface area contributed by atoms with Crippen molar-refractivity contribution in [1.82, 2.24) is 4.98 Å². The van der Waals surface area contributed by atoms with Gasteiger partial charge in [0.2, 0.25) is 0 Å². The summed E-state index contributed by atoms with van der Waals surface area (Å²) in [6.45, 7) is 8.18. The molecule has 0 aliphatic carbocycles. The molecule has 0 atom stereocenters. The van der Waals surface area contributed by atoms with Crippen LogP contribution in [0.15, 0.2) is 18.2 Å². The zero-order chi connectivity index (χ0) is 10.7. The van der Waals surface area contributed by atoms with Crippen molar-refractivity contribution < 1.29 is 0 Å². The number of hydrogen-bond donors (Lipinski definition) is 2. The molecule has 0 bridgehead atoms. The predicted molar refractivity (Wildman–Crippen MR) is 63.5 cm³/mol. The Bertz CT molecular complexity index is 427. The van der Waals surface area contributed by atoms with Gasteiger partial charge in [-0.25, -0.2) is 0 Å². The molecule has 0 saturated carbocycles. The maximum atomic E-state index is 5.69. The smallest absolute Gasteiger partial charge is 0.0460 e. The quantitative estimate of drug-likeness (QED) is 0.614. The summed E-state index contributed by atoms with van der Waals surface area (Å²) < 4.78 is 0. The highest BCUT2D eigenvalue weighted by Gasteiger charge is 2.02. The third-order valence-corrected chi connectivity index (χ3v) is 2.33. The molecule has 0 aliphatic rings. The highest BCUT2D eigenvalue weighted by Crippen LogP contribution is 2.22. The molecule has 3 N–H and O–H groups in total. The molecule has 2 nitrogen and oxygen atoms in total. The van der Waals surface area contributed by atoms with E-state index in [1.807, 2.05) is 32.0 Å². The number of nitrogen functional groups attached to an aromatic ring is 1. The van der Waals surface area contributed by atoms with E-state index in [4.69, 9.17) is 5.73 Å². The molecule has 0 saturated heterocycles. The minimum Gasteiger partial charge on any atom is -0.399 e. The fraction of sp³-hybridized carbons (Fsp3) is 0.333. The molecule has 0 amide bonds. The fourth-order valence-electron chi connectivity index (χ4n) is 1.48. The highest BCUT2D eigenvalue weighted by molar-refractivity contribution is 5.86. The van der Waals surface area contributed by atoms with Crippen LogP contribution in [0.3, 0.4) is 0 Å². The van der Waals surface area contributed by atoms with Gasteiger partial charge >= 0.3 is 0 Å². The lowest BCUT2D eigenvalue weighted by Crippen LogP contribution is -1.82.